The molecule has 0 amide bonds. The van der Waals surface area contributed by atoms with Crippen LogP contribution in [0.5, 0.6) is 0 Å². The second kappa shape index (κ2) is 34.2. The first-order valence-corrected chi connectivity index (χ1v) is 45.0. The van der Waals surface area contributed by atoms with Gasteiger partial charge in [-0.15, -0.1) is 0 Å². The fraction of sp³-hybridized carbons (Fsp3) is 0.303. The molecule has 2 saturated carbocycles. The van der Waals surface area contributed by atoms with Crippen molar-refractivity contribution in [3.63, 3.8) is 0 Å². The van der Waals surface area contributed by atoms with Gasteiger partial charge in [-0.1, -0.05) is 280 Å². The third-order valence-electron chi connectivity index (χ3n) is 27.1. The molecule has 0 atom stereocenters. The van der Waals surface area contributed by atoms with Gasteiger partial charge in [0.15, 0.2) is 10.8 Å². The minimum absolute atomic E-state index is 0.00339. The highest BCUT2D eigenvalue weighted by Gasteiger charge is 2.45. The molecule has 10 heterocycles. The van der Waals surface area contributed by atoms with E-state index in [1.165, 1.54) is 121 Å². The van der Waals surface area contributed by atoms with Crippen LogP contribution in [0.15, 0.2) is 258 Å². The zero-order valence-corrected chi connectivity index (χ0v) is 76.0. The Hall–Kier alpha value is -11.6. The van der Waals surface area contributed by atoms with Crippen LogP contribution < -0.4 is 79.7 Å². The zero-order valence-electron chi connectivity index (χ0n) is 79.0. The van der Waals surface area contributed by atoms with E-state index < -0.39 is 12.3 Å². The topological polar surface area (TPSA) is 54.8 Å². The van der Waals surface area contributed by atoms with Crippen molar-refractivity contribution in [2.75, 3.05) is 19.2 Å². The van der Waals surface area contributed by atoms with Gasteiger partial charge in [-0.05, 0) is 194 Å². The highest BCUT2D eigenvalue weighted by Crippen LogP contribution is 2.42. The number of aromatic nitrogens is 4. The Morgan fingerprint density at radius 2 is 0.829 bits per heavy atom. The summed E-state index contributed by atoms with van der Waals surface area (Å²) in [6.07, 6.45) is 12.6. The lowest BCUT2D eigenvalue weighted by atomic mass is 9.47. The summed E-state index contributed by atoms with van der Waals surface area (Å²) in [5.41, 5.74) is 22.1. The van der Waals surface area contributed by atoms with Crippen LogP contribution >= 0.6 is 0 Å². The van der Waals surface area contributed by atoms with E-state index in [4.69, 9.17) is 8.83 Å². The molecule has 4 aliphatic heterocycles. The number of nitrogens with zero attached hydrogens (tertiary/aromatic N) is 8. The Bertz CT molecular complexity index is 7170. The summed E-state index contributed by atoms with van der Waals surface area (Å²) in [6, 6.07) is 83.6. The maximum Gasteiger partial charge on any atom is 0.406 e. The van der Waals surface area contributed by atoms with E-state index in [0.717, 1.165) is 119 Å². The summed E-state index contributed by atoms with van der Waals surface area (Å²) < 4.78 is 49.7. The number of furan rings is 2. The van der Waals surface area contributed by atoms with E-state index in [9.17, 15) is 4.11 Å². The van der Waals surface area contributed by atoms with Gasteiger partial charge in [0.1, 0.15) is 33.6 Å². The van der Waals surface area contributed by atoms with Gasteiger partial charge >= 0.3 is 27.4 Å². The van der Waals surface area contributed by atoms with Gasteiger partial charge < -0.3 is 8.83 Å². The van der Waals surface area contributed by atoms with Crippen molar-refractivity contribution in [2.24, 2.45) is 44.9 Å². The summed E-state index contributed by atoms with van der Waals surface area (Å²) in [7, 11) is 8.53. The van der Waals surface area contributed by atoms with E-state index in [1.54, 1.807) is 0 Å². The van der Waals surface area contributed by atoms with Crippen LogP contribution in [0.25, 0.3) is 112 Å². The van der Waals surface area contributed by atoms with Crippen LogP contribution in [0.3, 0.4) is 0 Å². The van der Waals surface area contributed by atoms with Crippen LogP contribution in [-0.2, 0) is 34.6 Å². The molecule has 14 heteroatoms. The molecule has 2 aliphatic carbocycles. The number of para-hydroxylation sites is 4. The molecule has 0 spiro atoms. The first-order valence-electron chi connectivity index (χ1n) is 46.5. The molecule has 0 radical (unpaired) electrons. The number of benzene rings is 8. The summed E-state index contributed by atoms with van der Waals surface area (Å²) in [5.74, 6) is 8.74. The van der Waals surface area contributed by atoms with Gasteiger partial charge in [-0.25, -0.2) is 18.3 Å². The van der Waals surface area contributed by atoms with Gasteiger partial charge in [-0.2, -0.15) is 0 Å². The van der Waals surface area contributed by atoms with Gasteiger partial charge in [0.25, 0.3) is 23.3 Å². The Morgan fingerprint density at radius 3 is 1.34 bits per heavy atom. The largest absolute Gasteiger partial charge is 0.452 e. The van der Waals surface area contributed by atoms with Crippen molar-refractivity contribution in [3.05, 3.63) is 308 Å². The summed E-state index contributed by atoms with van der Waals surface area (Å²) >= 11 is 0. The number of fused-ring (bicyclic) bond motifs is 10. The van der Waals surface area contributed by atoms with Gasteiger partial charge in [0, 0.05) is 70.8 Å². The van der Waals surface area contributed by atoms with Crippen LogP contribution in [0, 0.1) is 23.7 Å². The fourth-order valence-electron chi connectivity index (χ4n) is 21.4. The Kier molecular flexibility index (Phi) is 22.2. The Labute approximate surface area is 734 Å². The van der Waals surface area contributed by atoms with Gasteiger partial charge in [0.05, 0.1) is 52.0 Å². The minimum Gasteiger partial charge on any atom is -0.452 e. The Morgan fingerprint density at radius 1 is 0.407 bits per heavy atom. The molecule has 8 aromatic carbocycles. The van der Waals surface area contributed by atoms with Crippen LogP contribution in [0.4, 0.5) is 23.3 Å². The van der Waals surface area contributed by atoms with E-state index in [1.807, 2.05) is 30.3 Å². The summed E-state index contributed by atoms with van der Waals surface area (Å²) in [4.78, 5) is 9.71. The quantitative estimate of drug-likeness (QED) is 0.106. The molecule has 10 nitrogen and oxygen atoms in total. The SMILES string of the molecule is CB1C=c2c(oc3ccccc23)=C(C)N1c1cc(-c2ccccc2)c(C)c[n+]1C.CB1C=c2c(oc3ccccc23)=C(C)N1c1cc(-c2ccccc2)cc[n+]1C.[2H]C([2H])(c1cc(N2B(C)C(C(C)(C)C)=c3ccccc3=C2C)[n+](C)c2ccccc12)C1CCCCC1.[2H]C1(c2cc(N3B(C)C(C(C)(C)C)=c4ccccc4=C3C)[n+](C)c3ccccc23)CCCC1. The Balaban J connectivity index is 0.000000119. The third-order valence-corrected chi connectivity index (χ3v) is 27.1. The van der Waals surface area contributed by atoms with Gasteiger partial charge in [-0.3, -0.25) is 19.2 Å². The average Bonchev–Trinajstić information content (AvgIpc) is 1.15. The molecule has 2 fully saturated rings. The van der Waals surface area contributed by atoms with Crippen molar-refractivity contribution in [1.29, 1.82) is 0 Å². The average molecular weight is 1620 g/mol. The number of aryl methyl sites for hydroxylation is 5. The smallest absolute Gasteiger partial charge is 0.406 e. The highest BCUT2D eigenvalue weighted by atomic mass is 16.3. The fourth-order valence-corrected chi connectivity index (χ4v) is 21.4. The molecular formula is C109H122B4N8O2+4. The summed E-state index contributed by atoms with van der Waals surface area (Å²) in [6.45, 7) is 34.9. The third kappa shape index (κ3) is 15.8. The first kappa shape index (κ1) is 79.8. The molecule has 0 saturated heterocycles. The monoisotopic (exact) mass is 1620 g/mol. The number of hydrogen-bond donors (Lipinski definition) is 0. The first-order chi connectivity index (χ1) is 60.3. The van der Waals surface area contributed by atoms with Crippen molar-refractivity contribution >= 4 is 140 Å². The molecule has 0 bridgehead atoms. The van der Waals surface area contributed by atoms with Crippen LogP contribution in [-0.4, -0.2) is 27.4 Å². The second-order valence-corrected chi connectivity index (χ2v) is 37.3. The maximum atomic E-state index is 9.41. The standard InChI is InChI=1S/C31H40BN2.C29H36BN2.C25H24BN2O.C24H22BN2O/c1-22-25-16-10-11-18-27(25)30(31(2,3)4)32(5)34(22)29-21-24(20-23-14-8-7-9-15-23)26-17-12-13-19-28(26)33(29)6;1-20-22-15-9-10-17-24(22)28(29(2,3)4)30(5)32(20)27-19-25(21-13-7-8-14-21)23-16-11-12-18-26(23)31(27)6;1-17-16-27(4)24(14-21(17)19-10-6-5-7-11-19)28-18(2)25-22(15-26(28)3)20-12-8-9-13-23(20)29-25;1-17-24-21(20-11-7-8-12-22(20)28-24)16-25(2)27(17)23-15-19(13-14-26(23)3)18-9-5-4-6-10-18/h10-13,16-19,21,23H,7-9,14-15,20H2,1-6H3;9-12,15-19,21H,7-8,13-14H2,1-6H3;5-16H,1-4H3;4-16H,1-3H3/q4*+1/i20D2;21D;;. The van der Waals surface area contributed by atoms with E-state index in [-0.39, 0.29) is 44.1 Å². The van der Waals surface area contributed by atoms with Crippen molar-refractivity contribution in [2.45, 2.75) is 174 Å². The predicted octanol–water partition coefficient (Wildman–Crippen LogP) is 18.5. The number of hydrogen-bond acceptors (Lipinski definition) is 6. The second-order valence-electron chi connectivity index (χ2n) is 37.3. The van der Waals surface area contributed by atoms with E-state index >= 15 is 0 Å². The van der Waals surface area contributed by atoms with Crippen molar-refractivity contribution in [3.8, 4) is 22.3 Å². The predicted molar refractivity (Wildman–Crippen MR) is 522 cm³/mol. The molecule has 14 aromatic rings. The zero-order chi connectivity index (χ0) is 88.7. The minimum atomic E-state index is -1.37. The normalized spacial score (nSPS) is 16.4. The number of anilines is 4. The van der Waals surface area contributed by atoms with Crippen molar-refractivity contribution < 1.29 is 31.2 Å². The summed E-state index contributed by atoms with van der Waals surface area (Å²) in [5, 5.41) is 12.3. The lowest BCUT2D eigenvalue weighted by molar-refractivity contribution is -0.658. The molecule has 0 N–H and O–H groups in total. The number of rotatable bonds is 9. The van der Waals surface area contributed by atoms with Gasteiger partial charge in [0.2, 0.25) is 0 Å². The molecular weight excluding hydrogens is 1500 g/mol. The molecule has 0 unspecified atom stereocenters. The maximum absolute atomic E-state index is 9.41. The molecule has 20 rings (SSSR count). The lowest BCUT2D eigenvalue weighted by Crippen LogP contribution is -2.55. The molecule has 6 aromatic heterocycles. The number of pyridine rings is 4. The van der Waals surface area contributed by atoms with Crippen LogP contribution in [0.2, 0.25) is 27.3 Å². The molecule has 123 heavy (non-hydrogen) atoms. The van der Waals surface area contributed by atoms with E-state index in [0.29, 0.717) is 0 Å². The van der Waals surface area contributed by atoms with Crippen molar-refractivity contribution in [1.82, 2.24) is 0 Å². The van der Waals surface area contributed by atoms with Crippen LogP contribution in [0.1, 0.15) is 154 Å². The highest BCUT2D eigenvalue weighted by molar-refractivity contribution is 6.82. The lowest BCUT2D eigenvalue weighted by Gasteiger charge is -2.34. The molecule has 618 valence electrons. The van der Waals surface area contributed by atoms with E-state index in [2.05, 4.69) is 400 Å². The molecule has 6 aliphatic rings.